The van der Waals surface area contributed by atoms with E-state index in [0.29, 0.717) is 0 Å². The molecule has 2 unspecified atom stereocenters. The third-order valence-electron chi connectivity index (χ3n) is 3.35. The lowest BCUT2D eigenvalue weighted by Crippen LogP contribution is -2.44. The molecule has 1 amide bonds. The number of amides is 1. The van der Waals surface area contributed by atoms with E-state index in [4.69, 9.17) is 5.73 Å². The molecule has 0 aliphatic heterocycles. The maximum Gasteiger partial charge on any atom is 0.237 e. The van der Waals surface area contributed by atoms with E-state index in [-0.39, 0.29) is 17.9 Å². The number of rotatable bonds is 7. The number of carbonyl (C=O) groups excluding carboxylic acids is 1. The number of nitrogens with one attached hydrogen (secondary N) is 1. The van der Waals surface area contributed by atoms with Crippen molar-refractivity contribution in [2.24, 2.45) is 17.6 Å². The van der Waals surface area contributed by atoms with Crippen LogP contribution in [0.2, 0.25) is 0 Å². The highest BCUT2D eigenvalue weighted by molar-refractivity contribution is 5.81. The fourth-order valence-corrected chi connectivity index (χ4v) is 1.64. The van der Waals surface area contributed by atoms with E-state index in [1.165, 1.54) is 19.3 Å². The Balaban J connectivity index is 2.05. The van der Waals surface area contributed by atoms with Crippen LogP contribution in [0.25, 0.3) is 0 Å². The van der Waals surface area contributed by atoms with E-state index < -0.39 is 0 Å². The van der Waals surface area contributed by atoms with E-state index >= 15 is 0 Å². The summed E-state index contributed by atoms with van der Waals surface area (Å²) in [6.45, 7) is 4.87. The van der Waals surface area contributed by atoms with Crippen molar-refractivity contribution in [3.63, 3.8) is 0 Å². The average Bonchev–Trinajstić information content (AvgIpc) is 3.05. The smallest absolute Gasteiger partial charge is 0.237 e. The van der Waals surface area contributed by atoms with Gasteiger partial charge >= 0.3 is 0 Å². The van der Waals surface area contributed by atoms with Crippen LogP contribution in [0.4, 0.5) is 0 Å². The van der Waals surface area contributed by atoms with Crippen LogP contribution in [0.5, 0.6) is 0 Å². The molecule has 3 heteroatoms. The zero-order chi connectivity index (χ0) is 11.3. The normalized spacial score (nSPS) is 19.7. The first-order valence-electron chi connectivity index (χ1n) is 6.18. The number of hydrogen-bond donors (Lipinski definition) is 2. The molecule has 1 saturated carbocycles. The zero-order valence-electron chi connectivity index (χ0n) is 9.96. The molecule has 0 saturated heterocycles. The SMILES string of the molecule is CCC(C)C(N)C(=O)NCCCC1CC1. The fourth-order valence-electron chi connectivity index (χ4n) is 1.64. The summed E-state index contributed by atoms with van der Waals surface area (Å²) in [5, 5.41) is 2.92. The van der Waals surface area contributed by atoms with E-state index in [0.717, 1.165) is 25.3 Å². The van der Waals surface area contributed by atoms with Gasteiger partial charge in [-0.2, -0.15) is 0 Å². The maximum absolute atomic E-state index is 11.6. The zero-order valence-corrected chi connectivity index (χ0v) is 9.96. The monoisotopic (exact) mass is 212 g/mol. The minimum absolute atomic E-state index is 0.0140. The van der Waals surface area contributed by atoms with Crippen molar-refractivity contribution in [3.8, 4) is 0 Å². The standard InChI is InChI=1S/C12H24N2O/c1-3-9(2)11(13)12(15)14-8-4-5-10-6-7-10/h9-11H,3-8,13H2,1-2H3,(H,14,15). The lowest BCUT2D eigenvalue weighted by Gasteiger charge is -2.17. The first-order valence-corrected chi connectivity index (χ1v) is 6.18. The molecule has 0 radical (unpaired) electrons. The summed E-state index contributed by atoms with van der Waals surface area (Å²) in [4.78, 5) is 11.6. The Bertz CT molecular complexity index is 202. The second-order valence-corrected chi connectivity index (χ2v) is 4.79. The largest absolute Gasteiger partial charge is 0.355 e. The van der Waals surface area contributed by atoms with Gasteiger partial charge < -0.3 is 11.1 Å². The van der Waals surface area contributed by atoms with Crippen LogP contribution in [0, 0.1) is 11.8 Å². The van der Waals surface area contributed by atoms with Gasteiger partial charge in [-0.3, -0.25) is 4.79 Å². The van der Waals surface area contributed by atoms with Crippen molar-refractivity contribution < 1.29 is 4.79 Å². The van der Waals surface area contributed by atoms with Gasteiger partial charge in [0.1, 0.15) is 0 Å². The summed E-state index contributed by atoms with van der Waals surface area (Å²) in [7, 11) is 0. The minimum atomic E-state index is -0.337. The predicted molar refractivity (Wildman–Crippen MR) is 62.4 cm³/mol. The van der Waals surface area contributed by atoms with Crippen LogP contribution in [-0.2, 0) is 4.79 Å². The van der Waals surface area contributed by atoms with Crippen LogP contribution in [0.1, 0.15) is 46.0 Å². The summed E-state index contributed by atoms with van der Waals surface area (Å²) >= 11 is 0. The van der Waals surface area contributed by atoms with Crippen LogP contribution in [0.3, 0.4) is 0 Å². The van der Waals surface area contributed by atoms with E-state index in [1.54, 1.807) is 0 Å². The highest BCUT2D eigenvalue weighted by Crippen LogP contribution is 2.33. The first-order chi connectivity index (χ1) is 7.15. The van der Waals surface area contributed by atoms with Gasteiger partial charge in [0, 0.05) is 6.54 Å². The minimum Gasteiger partial charge on any atom is -0.355 e. The molecule has 1 rings (SSSR count). The first kappa shape index (κ1) is 12.5. The lowest BCUT2D eigenvalue weighted by molar-refractivity contribution is -0.123. The molecule has 0 aromatic carbocycles. The Morgan fingerprint density at radius 3 is 2.73 bits per heavy atom. The number of hydrogen-bond acceptors (Lipinski definition) is 2. The average molecular weight is 212 g/mol. The molecule has 1 fully saturated rings. The van der Waals surface area contributed by atoms with Crippen LogP contribution >= 0.6 is 0 Å². The van der Waals surface area contributed by atoms with Gasteiger partial charge in [-0.1, -0.05) is 33.1 Å². The van der Waals surface area contributed by atoms with Gasteiger partial charge in [-0.15, -0.1) is 0 Å². The van der Waals surface area contributed by atoms with Crippen molar-refractivity contribution in [2.75, 3.05) is 6.54 Å². The van der Waals surface area contributed by atoms with Gasteiger partial charge in [0.2, 0.25) is 5.91 Å². The second-order valence-electron chi connectivity index (χ2n) is 4.79. The number of carbonyl (C=O) groups is 1. The Hall–Kier alpha value is -0.570. The molecule has 0 aromatic heterocycles. The van der Waals surface area contributed by atoms with E-state index in [2.05, 4.69) is 12.2 Å². The van der Waals surface area contributed by atoms with Crippen LogP contribution in [0.15, 0.2) is 0 Å². The maximum atomic E-state index is 11.6. The van der Waals surface area contributed by atoms with Gasteiger partial charge in [0.05, 0.1) is 6.04 Å². The molecule has 2 atom stereocenters. The molecule has 3 nitrogen and oxygen atoms in total. The van der Waals surface area contributed by atoms with Gasteiger partial charge in [0.25, 0.3) is 0 Å². The Labute approximate surface area is 92.8 Å². The topological polar surface area (TPSA) is 55.1 Å². The second kappa shape index (κ2) is 6.11. The molecule has 0 heterocycles. The molecule has 15 heavy (non-hydrogen) atoms. The highest BCUT2D eigenvalue weighted by atomic mass is 16.2. The van der Waals surface area contributed by atoms with Crippen molar-refractivity contribution in [3.05, 3.63) is 0 Å². The summed E-state index contributed by atoms with van der Waals surface area (Å²) < 4.78 is 0. The summed E-state index contributed by atoms with van der Waals surface area (Å²) in [6, 6.07) is -0.337. The number of nitrogens with two attached hydrogens (primary N) is 1. The van der Waals surface area contributed by atoms with Crippen molar-refractivity contribution in [2.45, 2.75) is 52.0 Å². The van der Waals surface area contributed by atoms with E-state index in [9.17, 15) is 4.79 Å². The molecular formula is C12H24N2O. The lowest BCUT2D eigenvalue weighted by atomic mass is 9.99. The molecule has 88 valence electrons. The molecule has 0 bridgehead atoms. The van der Waals surface area contributed by atoms with Gasteiger partial charge in [0.15, 0.2) is 0 Å². The molecule has 0 aromatic rings. The molecule has 1 aliphatic carbocycles. The summed E-state index contributed by atoms with van der Waals surface area (Å²) in [5.41, 5.74) is 5.81. The highest BCUT2D eigenvalue weighted by Gasteiger charge is 2.21. The Morgan fingerprint density at radius 1 is 1.53 bits per heavy atom. The molecule has 1 aliphatic rings. The fraction of sp³-hybridized carbons (Fsp3) is 0.917. The third kappa shape index (κ3) is 4.65. The summed E-state index contributed by atoms with van der Waals surface area (Å²) in [5.74, 6) is 1.23. The molecule has 0 spiro atoms. The third-order valence-corrected chi connectivity index (χ3v) is 3.35. The summed E-state index contributed by atoms with van der Waals surface area (Å²) in [6.07, 6.45) is 6.10. The van der Waals surface area contributed by atoms with Crippen LogP contribution in [-0.4, -0.2) is 18.5 Å². The van der Waals surface area contributed by atoms with E-state index in [1.807, 2.05) is 6.92 Å². The molecule has 3 N–H and O–H groups in total. The van der Waals surface area contributed by atoms with Crippen LogP contribution < -0.4 is 11.1 Å². The molecular weight excluding hydrogens is 188 g/mol. The van der Waals surface area contributed by atoms with Crippen molar-refractivity contribution >= 4 is 5.91 Å². The Morgan fingerprint density at radius 2 is 2.20 bits per heavy atom. The van der Waals surface area contributed by atoms with Crippen molar-refractivity contribution in [1.29, 1.82) is 0 Å². The van der Waals surface area contributed by atoms with Gasteiger partial charge in [-0.25, -0.2) is 0 Å². The Kier molecular flexibility index (Phi) is 5.09. The van der Waals surface area contributed by atoms with Gasteiger partial charge in [-0.05, 0) is 24.7 Å². The quantitative estimate of drug-likeness (QED) is 0.631. The predicted octanol–water partition coefficient (Wildman–Crippen LogP) is 1.67. The van der Waals surface area contributed by atoms with Crippen molar-refractivity contribution in [1.82, 2.24) is 5.32 Å².